The SMILES string of the molecule is COC(=O)[C@@H](NCc1occc1C)c1ccccc1. The molecule has 1 aromatic carbocycles. The highest BCUT2D eigenvalue weighted by atomic mass is 16.5. The van der Waals surface area contributed by atoms with E-state index in [1.165, 1.54) is 7.11 Å². The van der Waals surface area contributed by atoms with Gasteiger partial charge in [-0.3, -0.25) is 5.32 Å². The third-order valence-corrected chi connectivity index (χ3v) is 3.00. The molecular formula is C15H17NO3. The number of furan rings is 1. The molecule has 1 aromatic heterocycles. The summed E-state index contributed by atoms with van der Waals surface area (Å²) in [6, 6.07) is 10.9. The largest absolute Gasteiger partial charge is 0.468 e. The Morgan fingerprint density at radius 2 is 2.05 bits per heavy atom. The van der Waals surface area contributed by atoms with E-state index < -0.39 is 6.04 Å². The van der Waals surface area contributed by atoms with Crippen LogP contribution in [0.25, 0.3) is 0 Å². The molecule has 0 spiro atoms. The van der Waals surface area contributed by atoms with Crippen molar-refractivity contribution in [2.45, 2.75) is 19.5 Å². The predicted molar refractivity (Wildman–Crippen MR) is 71.5 cm³/mol. The van der Waals surface area contributed by atoms with Gasteiger partial charge in [0.1, 0.15) is 11.8 Å². The fraction of sp³-hybridized carbons (Fsp3) is 0.267. The fourth-order valence-electron chi connectivity index (χ4n) is 1.88. The summed E-state index contributed by atoms with van der Waals surface area (Å²) in [5.74, 6) is 0.514. The predicted octanol–water partition coefficient (Wildman–Crippen LogP) is 2.59. The number of hydrogen-bond donors (Lipinski definition) is 1. The van der Waals surface area contributed by atoms with E-state index in [4.69, 9.17) is 9.15 Å². The van der Waals surface area contributed by atoms with E-state index in [0.29, 0.717) is 6.54 Å². The van der Waals surface area contributed by atoms with Crippen LogP contribution in [0.3, 0.4) is 0 Å². The van der Waals surface area contributed by atoms with Gasteiger partial charge in [0.25, 0.3) is 0 Å². The molecule has 0 bridgehead atoms. The lowest BCUT2D eigenvalue weighted by atomic mass is 10.1. The van der Waals surface area contributed by atoms with Gasteiger partial charge in [0.05, 0.1) is 19.9 Å². The molecule has 0 radical (unpaired) electrons. The lowest BCUT2D eigenvalue weighted by Gasteiger charge is -2.16. The maximum absolute atomic E-state index is 11.8. The molecular weight excluding hydrogens is 242 g/mol. The van der Waals surface area contributed by atoms with E-state index >= 15 is 0 Å². The Hall–Kier alpha value is -2.07. The first kappa shape index (κ1) is 13.4. The second-order valence-electron chi connectivity index (χ2n) is 4.27. The molecule has 2 aromatic rings. The molecule has 0 saturated heterocycles. The van der Waals surface area contributed by atoms with Gasteiger partial charge in [-0.2, -0.15) is 0 Å². The van der Waals surface area contributed by atoms with Gasteiger partial charge < -0.3 is 9.15 Å². The lowest BCUT2D eigenvalue weighted by molar-refractivity contribution is -0.143. The lowest BCUT2D eigenvalue weighted by Crippen LogP contribution is -2.29. The van der Waals surface area contributed by atoms with Gasteiger partial charge in [-0.05, 0) is 24.1 Å². The standard InChI is InChI=1S/C15H17NO3/c1-11-8-9-19-13(11)10-16-14(15(17)18-2)12-6-4-3-5-7-12/h3-9,14,16H,10H2,1-2H3/t14-/m0/s1. The number of benzene rings is 1. The molecule has 0 aliphatic carbocycles. The van der Waals surface area contributed by atoms with Crippen molar-refractivity contribution in [3.63, 3.8) is 0 Å². The second kappa shape index (κ2) is 6.20. The average molecular weight is 259 g/mol. The normalized spacial score (nSPS) is 12.1. The molecule has 0 unspecified atom stereocenters. The van der Waals surface area contributed by atoms with E-state index in [0.717, 1.165) is 16.9 Å². The molecule has 1 atom stereocenters. The number of methoxy groups -OCH3 is 1. The molecule has 19 heavy (non-hydrogen) atoms. The third-order valence-electron chi connectivity index (χ3n) is 3.00. The van der Waals surface area contributed by atoms with Gasteiger partial charge in [-0.1, -0.05) is 30.3 Å². The molecule has 0 fully saturated rings. The van der Waals surface area contributed by atoms with Crippen LogP contribution in [0.1, 0.15) is 22.9 Å². The molecule has 1 N–H and O–H groups in total. The van der Waals surface area contributed by atoms with Gasteiger partial charge in [0.2, 0.25) is 0 Å². The smallest absolute Gasteiger partial charge is 0.327 e. The minimum Gasteiger partial charge on any atom is -0.468 e. The van der Waals surface area contributed by atoms with Crippen LogP contribution in [0.2, 0.25) is 0 Å². The van der Waals surface area contributed by atoms with Crippen LogP contribution in [0, 0.1) is 6.92 Å². The minimum atomic E-state index is -0.490. The molecule has 0 aliphatic rings. The number of aryl methyl sites for hydroxylation is 1. The van der Waals surface area contributed by atoms with Gasteiger partial charge in [0.15, 0.2) is 0 Å². The number of nitrogens with one attached hydrogen (secondary N) is 1. The highest BCUT2D eigenvalue weighted by Gasteiger charge is 2.21. The summed E-state index contributed by atoms with van der Waals surface area (Å²) in [6.07, 6.45) is 1.64. The number of rotatable bonds is 5. The summed E-state index contributed by atoms with van der Waals surface area (Å²) < 4.78 is 10.2. The summed E-state index contributed by atoms with van der Waals surface area (Å²) in [6.45, 7) is 2.45. The fourth-order valence-corrected chi connectivity index (χ4v) is 1.88. The maximum Gasteiger partial charge on any atom is 0.327 e. The second-order valence-corrected chi connectivity index (χ2v) is 4.27. The van der Waals surface area contributed by atoms with Crippen molar-refractivity contribution < 1.29 is 13.9 Å². The van der Waals surface area contributed by atoms with Crippen molar-refractivity contribution in [2.75, 3.05) is 7.11 Å². The number of esters is 1. The van der Waals surface area contributed by atoms with E-state index in [2.05, 4.69) is 5.32 Å². The first-order valence-corrected chi connectivity index (χ1v) is 6.11. The summed E-state index contributed by atoms with van der Waals surface area (Å²) in [5, 5.41) is 3.16. The van der Waals surface area contributed by atoms with Crippen molar-refractivity contribution >= 4 is 5.97 Å². The van der Waals surface area contributed by atoms with Crippen LogP contribution in [-0.4, -0.2) is 13.1 Å². The summed E-state index contributed by atoms with van der Waals surface area (Å²) in [4.78, 5) is 11.8. The molecule has 0 aliphatic heterocycles. The van der Waals surface area contributed by atoms with Crippen molar-refractivity contribution in [2.24, 2.45) is 0 Å². The summed E-state index contributed by atoms with van der Waals surface area (Å²) in [7, 11) is 1.39. The Bertz CT molecular complexity index is 533. The Morgan fingerprint density at radius 3 is 2.63 bits per heavy atom. The Labute approximate surface area is 112 Å². The maximum atomic E-state index is 11.8. The van der Waals surface area contributed by atoms with Gasteiger partial charge in [-0.15, -0.1) is 0 Å². The first-order valence-electron chi connectivity index (χ1n) is 6.11. The topological polar surface area (TPSA) is 51.5 Å². The van der Waals surface area contributed by atoms with Crippen LogP contribution in [0.15, 0.2) is 47.1 Å². The summed E-state index contributed by atoms with van der Waals surface area (Å²) in [5.41, 5.74) is 1.93. The molecule has 0 amide bonds. The van der Waals surface area contributed by atoms with E-state index in [1.807, 2.05) is 43.3 Å². The van der Waals surface area contributed by atoms with Crippen LogP contribution in [0.5, 0.6) is 0 Å². The number of hydrogen-bond acceptors (Lipinski definition) is 4. The molecule has 100 valence electrons. The van der Waals surface area contributed by atoms with Crippen molar-refractivity contribution in [3.8, 4) is 0 Å². The van der Waals surface area contributed by atoms with E-state index in [-0.39, 0.29) is 5.97 Å². The van der Waals surface area contributed by atoms with Crippen LogP contribution < -0.4 is 5.32 Å². The number of carbonyl (C=O) groups excluding carboxylic acids is 1. The van der Waals surface area contributed by atoms with Crippen LogP contribution in [-0.2, 0) is 16.1 Å². The monoisotopic (exact) mass is 259 g/mol. The molecule has 4 heteroatoms. The first-order chi connectivity index (χ1) is 9.22. The zero-order chi connectivity index (χ0) is 13.7. The zero-order valence-corrected chi connectivity index (χ0v) is 11.1. The van der Waals surface area contributed by atoms with Gasteiger partial charge in [-0.25, -0.2) is 4.79 Å². The third kappa shape index (κ3) is 3.23. The zero-order valence-electron chi connectivity index (χ0n) is 11.1. The van der Waals surface area contributed by atoms with Crippen molar-refractivity contribution in [1.29, 1.82) is 0 Å². The van der Waals surface area contributed by atoms with Gasteiger partial charge in [0, 0.05) is 0 Å². The molecule has 2 rings (SSSR count). The van der Waals surface area contributed by atoms with Crippen molar-refractivity contribution in [3.05, 3.63) is 59.5 Å². The molecule has 1 heterocycles. The Balaban J connectivity index is 2.11. The highest BCUT2D eigenvalue weighted by molar-refractivity contribution is 5.77. The number of carbonyl (C=O) groups is 1. The van der Waals surface area contributed by atoms with E-state index in [1.54, 1.807) is 6.26 Å². The molecule has 4 nitrogen and oxygen atoms in total. The average Bonchev–Trinajstić information content (AvgIpc) is 2.85. The molecule has 0 saturated carbocycles. The summed E-state index contributed by atoms with van der Waals surface area (Å²) >= 11 is 0. The number of ether oxygens (including phenoxy) is 1. The van der Waals surface area contributed by atoms with Crippen LogP contribution >= 0.6 is 0 Å². The van der Waals surface area contributed by atoms with Gasteiger partial charge >= 0.3 is 5.97 Å². The van der Waals surface area contributed by atoms with E-state index in [9.17, 15) is 4.79 Å². The Kier molecular flexibility index (Phi) is 4.36. The quantitative estimate of drug-likeness (QED) is 0.838. The Morgan fingerprint density at radius 1 is 1.32 bits per heavy atom. The van der Waals surface area contributed by atoms with Crippen molar-refractivity contribution in [1.82, 2.24) is 5.32 Å². The van der Waals surface area contributed by atoms with Crippen LogP contribution in [0.4, 0.5) is 0 Å². The minimum absolute atomic E-state index is 0.310. The highest BCUT2D eigenvalue weighted by Crippen LogP contribution is 2.16.